The minimum Gasteiger partial charge on any atom is -0.301 e. The lowest BCUT2D eigenvalue weighted by atomic mass is 10.3. The maximum Gasteiger partial charge on any atom is 0.368 e. The molecule has 0 N–H and O–H groups in total. The number of benzene rings is 1. The first-order chi connectivity index (χ1) is 9.34. The first-order valence-corrected chi connectivity index (χ1v) is 6.65. The van der Waals surface area contributed by atoms with Crippen LogP contribution >= 0.6 is 0 Å². The van der Waals surface area contributed by atoms with Crippen LogP contribution in [0.4, 0.5) is 0 Å². The van der Waals surface area contributed by atoms with Gasteiger partial charge in [0.15, 0.2) is 0 Å². The Morgan fingerprint density at radius 2 is 1.74 bits per heavy atom. The van der Waals surface area contributed by atoms with Crippen molar-refractivity contribution in [1.82, 2.24) is 24.7 Å². The molecule has 0 aliphatic carbocycles. The molecule has 0 amide bonds. The summed E-state index contributed by atoms with van der Waals surface area (Å²) in [5.41, 5.74) is 0.574. The van der Waals surface area contributed by atoms with Gasteiger partial charge in [0.25, 0.3) is 0 Å². The zero-order valence-electron chi connectivity index (χ0n) is 10.8. The summed E-state index contributed by atoms with van der Waals surface area (Å²) in [6, 6.07) is 9.37. The fourth-order valence-electron chi connectivity index (χ4n) is 2.39. The zero-order valence-corrected chi connectivity index (χ0v) is 10.8. The van der Waals surface area contributed by atoms with E-state index in [4.69, 9.17) is 0 Å². The predicted molar refractivity (Wildman–Crippen MR) is 71.3 cm³/mol. The normalized spacial score (nSPS) is 16.0. The largest absolute Gasteiger partial charge is 0.368 e. The molecule has 0 radical (unpaired) electrons. The molecule has 0 saturated carbocycles. The lowest BCUT2D eigenvalue weighted by Gasteiger charge is -2.12. The molecule has 1 saturated heterocycles. The smallest absolute Gasteiger partial charge is 0.301 e. The second-order valence-electron chi connectivity index (χ2n) is 4.78. The third-order valence-electron chi connectivity index (χ3n) is 3.47. The van der Waals surface area contributed by atoms with Gasteiger partial charge in [0.05, 0.1) is 12.2 Å². The number of aromatic nitrogens is 4. The molecule has 1 aliphatic rings. The van der Waals surface area contributed by atoms with Gasteiger partial charge in [0.1, 0.15) is 0 Å². The Morgan fingerprint density at radius 1 is 1.00 bits per heavy atom. The van der Waals surface area contributed by atoms with Crippen molar-refractivity contribution in [3.05, 3.63) is 40.8 Å². The van der Waals surface area contributed by atoms with E-state index in [2.05, 4.69) is 15.3 Å². The second-order valence-corrected chi connectivity index (χ2v) is 4.78. The third-order valence-corrected chi connectivity index (χ3v) is 3.47. The predicted octanol–water partition coefficient (Wildman–Crippen LogP) is 0.525. The highest BCUT2D eigenvalue weighted by atomic mass is 16.2. The first-order valence-electron chi connectivity index (χ1n) is 6.65. The van der Waals surface area contributed by atoms with Crippen molar-refractivity contribution in [3.8, 4) is 5.69 Å². The van der Waals surface area contributed by atoms with Crippen molar-refractivity contribution in [1.29, 1.82) is 0 Å². The van der Waals surface area contributed by atoms with Crippen LogP contribution in [-0.4, -0.2) is 44.3 Å². The van der Waals surface area contributed by atoms with Crippen LogP contribution in [-0.2, 0) is 6.54 Å². The minimum absolute atomic E-state index is 0.176. The van der Waals surface area contributed by atoms with Crippen molar-refractivity contribution < 1.29 is 0 Å². The molecule has 1 aromatic heterocycles. The van der Waals surface area contributed by atoms with Gasteiger partial charge >= 0.3 is 5.69 Å². The van der Waals surface area contributed by atoms with Crippen molar-refractivity contribution in [2.45, 2.75) is 19.4 Å². The number of rotatable bonds is 4. The van der Waals surface area contributed by atoms with E-state index in [0.717, 1.165) is 25.3 Å². The highest BCUT2D eigenvalue weighted by Gasteiger charge is 2.13. The van der Waals surface area contributed by atoms with E-state index in [1.54, 1.807) is 0 Å². The van der Waals surface area contributed by atoms with Crippen molar-refractivity contribution in [3.63, 3.8) is 0 Å². The Kier molecular flexibility index (Phi) is 3.41. The van der Waals surface area contributed by atoms with Crippen LogP contribution in [0.5, 0.6) is 0 Å². The molecule has 0 bridgehead atoms. The average Bonchev–Trinajstić information content (AvgIpc) is 3.07. The lowest BCUT2D eigenvalue weighted by Crippen LogP contribution is -2.30. The Bertz CT molecular complexity index is 583. The molecular formula is C13H17N5O. The molecule has 100 valence electrons. The molecule has 1 fully saturated rings. The Balaban J connectivity index is 1.74. The topological polar surface area (TPSA) is 56.0 Å². The summed E-state index contributed by atoms with van der Waals surface area (Å²) in [6.07, 6.45) is 2.51. The molecule has 0 spiro atoms. The number of hydrogen-bond donors (Lipinski definition) is 0. The van der Waals surface area contributed by atoms with Crippen molar-refractivity contribution >= 4 is 0 Å². The summed E-state index contributed by atoms with van der Waals surface area (Å²) in [4.78, 5) is 14.5. The number of tetrazole rings is 1. The first kappa shape index (κ1) is 12.1. The van der Waals surface area contributed by atoms with Crippen LogP contribution in [0.1, 0.15) is 12.8 Å². The molecule has 19 heavy (non-hydrogen) atoms. The van der Waals surface area contributed by atoms with E-state index in [1.165, 1.54) is 22.2 Å². The van der Waals surface area contributed by atoms with E-state index in [-0.39, 0.29) is 5.69 Å². The summed E-state index contributed by atoms with van der Waals surface area (Å²) in [6.45, 7) is 3.72. The minimum atomic E-state index is -0.176. The van der Waals surface area contributed by atoms with Gasteiger partial charge in [-0.25, -0.2) is 4.79 Å². The van der Waals surface area contributed by atoms with Crippen LogP contribution in [0.2, 0.25) is 0 Å². The summed E-state index contributed by atoms with van der Waals surface area (Å²) in [5, 5.41) is 7.87. The van der Waals surface area contributed by atoms with Crippen LogP contribution in [0, 0.1) is 0 Å². The monoisotopic (exact) mass is 259 g/mol. The van der Waals surface area contributed by atoms with Gasteiger partial charge in [0.2, 0.25) is 0 Å². The van der Waals surface area contributed by atoms with Crippen LogP contribution in [0.3, 0.4) is 0 Å². The molecule has 0 atom stereocenters. The fourth-order valence-corrected chi connectivity index (χ4v) is 2.39. The number of hydrogen-bond acceptors (Lipinski definition) is 4. The molecular weight excluding hydrogens is 242 g/mol. The standard InChI is InChI=1S/C13H17N5O/c19-13-17(11-10-16-8-4-5-9-16)14-15-18(13)12-6-2-1-3-7-12/h1-3,6-7H,4-5,8-11H2. The van der Waals surface area contributed by atoms with Crippen LogP contribution < -0.4 is 5.69 Å². The average molecular weight is 259 g/mol. The summed E-state index contributed by atoms with van der Waals surface area (Å²) in [7, 11) is 0. The van der Waals surface area contributed by atoms with E-state index in [0.29, 0.717) is 6.54 Å². The Hall–Kier alpha value is -1.95. The van der Waals surface area contributed by atoms with E-state index < -0.39 is 0 Å². The van der Waals surface area contributed by atoms with Gasteiger partial charge < -0.3 is 4.90 Å². The Labute approximate surface area is 111 Å². The van der Waals surface area contributed by atoms with E-state index >= 15 is 0 Å². The van der Waals surface area contributed by atoms with Gasteiger partial charge in [-0.1, -0.05) is 18.2 Å². The molecule has 1 aliphatic heterocycles. The molecule has 2 aromatic rings. The van der Waals surface area contributed by atoms with Gasteiger partial charge in [-0.15, -0.1) is 0 Å². The van der Waals surface area contributed by atoms with Gasteiger partial charge in [-0.05, 0) is 48.5 Å². The van der Waals surface area contributed by atoms with E-state index in [1.807, 2.05) is 30.3 Å². The third kappa shape index (κ3) is 2.58. The lowest BCUT2D eigenvalue weighted by molar-refractivity contribution is 0.312. The maximum atomic E-state index is 12.2. The van der Waals surface area contributed by atoms with Gasteiger partial charge in [-0.3, -0.25) is 0 Å². The zero-order chi connectivity index (χ0) is 13.1. The molecule has 3 rings (SSSR count). The van der Waals surface area contributed by atoms with Gasteiger partial charge in [0, 0.05) is 6.54 Å². The van der Waals surface area contributed by atoms with Gasteiger partial charge in [-0.2, -0.15) is 9.36 Å². The molecule has 2 heterocycles. The number of para-hydroxylation sites is 1. The summed E-state index contributed by atoms with van der Waals surface area (Å²) >= 11 is 0. The molecule has 0 unspecified atom stereocenters. The van der Waals surface area contributed by atoms with Crippen LogP contribution in [0.15, 0.2) is 35.1 Å². The number of nitrogens with zero attached hydrogens (tertiary/aromatic N) is 5. The van der Waals surface area contributed by atoms with E-state index in [9.17, 15) is 4.79 Å². The quantitative estimate of drug-likeness (QED) is 0.803. The number of likely N-dealkylation sites (tertiary alicyclic amines) is 1. The molecule has 6 heteroatoms. The SMILES string of the molecule is O=c1n(CCN2CCCC2)nnn1-c1ccccc1. The highest BCUT2D eigenvalue weighted by Crippen LogP contribution is 2.06. The molecule has 1 aromatic carbocycles. The Morgan fingerprint density at radius 3 is 2.47 bits per heavy atom. The fraction of sp³-hybridized carbons (Fsp3) is 0.462. The van der Waals surface area contributed by atoms with Crippen molar-refractivity contribution in [2.24, 2.45) is 0 Å². The van der Waals surface area contributed by atoms with Crippen molar-refractivity contribution in [2.75, 3.05) is 19.6 Å². The summed E-state index contributed by atoms with van der Waals surface area (Å²) < 4.78 is 2.77. The highest BCUT2D eigenvalue weighted by molar-refractivity contribution is 5.28. The molecule has 6 nitrogen and oxygen atoms in total. The summed E-state index contributed by atoms with van der Waals surface area (Å²) in [5.74, 6) is 0. The van der Waals surface area contributed by atoms with Crippen LogP contribution in [0.25, 0.3) is 5.69 Å². The maximum absolute atomic E-state index is 12.2. The second kappa shape index (κ2) is 5.36.